The first-order valence-corrected chi connectivity index (χ1v) is 0.645. The Morgan fingerprint density at radius 1 is 1.75 bits per heavy atom. The highest BCUT2D eigenvalue weighted by Crippen LogP contribution is 1.58. The molecule has 25 valence electrons. The molecular weight excluding hydrogens is 98.4 g/mol. The van der Waals surface area contributed by atoms with Crippen LogP contribution in [0.5, 0.6) is 0 Å². The van der Waals surface area contributed by atoms with Crippen molar-refractivity contribution in [1.82, 2.24) is 0 Å². The van der Waals surface area contributed by atoms with E-state index in [1.165, 1.54) is 0 Å². The summed E-state index contributed by atoms with van der Waals surface area (Å²) in [7, 11) is 0. The molecule has 0 atom stereocenters. The number of halogens is 1. The van der Waals surface area contributed by atoms with Gasteiger partial charge in [-0.1, -0.05) is 0 Å². The van der Waals surface area contributed by atoms with Crippen molar-refractivity contribution in [1.29, 1.82) is 0 Å². The fourth-order valence-corrected chi connectivity index (χ4v) is 0. The third-order valence-electron chi connectivity index (χ3n) is 0. The fraction of sp³-hybridized carbons (Fsp3) is 0. The summed E-state index contributed by atoms with van der Waals surface area (Å²) in [5, 5.41) is 6.83. The molecule has 3 radical (unpaired) electrons. The number of rotatable bonds is 0. The van der Waals surface area contributed by atoms with Crippen LogP contribution >= 0.6 is 21.8 Å². The first-order valence-electron chi connectivity index (χ1n) is 0.337. The van der Waals surface area contributed by atoms with Crippen LogP contribution in [0.4, 0.5) is 0 Å². The van der Waals surface area contributed by atoms with E-state index in [2.05, 4.69) is 16.3 Å². The van der Waals surface area contributed by atoms with Gasteiger partial charge in [0.25, 0.3) is 0 Å². The average molecular weight is 99.4 g/mol. The molecule has 4 heteroatoms. The van der Waals surface area contributed by atoms with Crippen LogP contribution in [0, 0.1) is 0 Å². The molecule has 0 spiro atoms. The van der Waals surface area contributed by atoms with Crippen molar-refractivity contribution in [2.45, 2.75) is 0 Å². The van der Waals surface area contributed by atoms with E-state index < -0.39 is 0 Å². The van der Waals surface area contributed by atoms with Crippen molar-refractivity contribution in [3.63, 3.8) is 0 Å². The molecule has 0 rings (SSSR count). The van der Waals surface area contributed by atoms with Crippen LogP contribution in [0.1, 0.15) is 0 Å². The second-order valence-electron chi connectivity index (χ2n) is 0.0690. The molecule has 0 aliphatic rings. The minimum absolute atomic E-state index is 0. The zero-order chi connectivity index (χ0) is 2.71. The molecule has 0 aromatic rings. The van der Waals surface area contributed by atoms with E-state index in [0.29, 0.717) is 0 Å². The molecule has 0 aromatic heterocycles. The molecule has 0 aliphatic carbocycles. The van der Waals surface area contributed by atoms with Gasteiger partial charge in [-0.3, -0.25) is 0 Å². The average Bonchev–Trinajstić information content (AvgIpc) is 0.918. The van der Waals surface area contributed by atoms with Crippen LogP contribution in [0.2, 0.25) is 0 Å². The van der Waals surface area contributed by atoms with E-state index in [0.717, 1.165) is 0 Å². The van der Waals surface area contributed by atoms with Crippen molar-refractivity contribution >= 4 is 21.8 Å². The van der Waals surface area contributed by atoms with Crippen molar-refractivity contribution in [2.24, 2.45) is 0 Å². The normalized spacial score (nSPS) is 4.50. The molecular formula is HClO2P. The Kier molecular flexibility index (Phi) is 20.8. The molecule has 4 heavy (non-hydrogen) atoms. The lowest BCUT2D eigenvalue weighted by Crippen LogP contribution is -1.42. The predicted octanol–water partition coefficient (Wildman–Crippen LogP) is 1.49. The Bertz CT molecular complexity index is 6.00. The maximum absolute atomic E-state index is 6.83. The molecule has 0 saturated carbocycles. The molecule has 1 N–H and O–H groups in total. The molecule has 0 unspecified atom stereocenters. The van der Waals surface area contributed by atoms with Crippen LogP contribution in [0.25, 0.3) is 0 Å². The lowest BCUT2D eigenvalue weighted by molar-refractivity contribution is -0.130. The molecule has 0 heterocycles. The largest absolute Gasteiger partial charge is 0.233 e. The Hall–Kier alpha value is 0.640. The van der Waals surface area contributed by atoms with E-state index >= 15 is 0 Å². The van der Waals surface area contributed by atoms with E-state index in [-0.39, 0.29) is 9.90 Å². The van der Waals surface area contributed by atoms with E-state index in [9.17, 15) is 0 Å². The second-order valence-corrected chi connectivity index (χ2v) is 0.207. The maximum Gasteiger partial charge on any atom is 0.0997 e. The van der Waals surface area contributed by atoms with Crippen LogP contribution < -0.4 is 0 Å². The highest BCUT2D eigenvalue weighted by Gasteiger charge is 1.33. The zero-order valence-electron chi connectivity index (χ0n) is 1.68. The second kappa shape index (κ2) is 9.43. The van der Waals surface area contributed by atoms with Crippen LogP contribution in [0.15, 0.2) is 0 Å². The van der Waals surface area contributed by atoms with E-state index in [1.807, 2.05) is 0 Å². The van der Waals surface area contributed by atoms with Crippen LogP contribution in [-0.4, -0.2) is 5.26 Å². The first-order chi connectivity index (χ1) is 1.41. The van der Waals surface area contributed by atoms with Gasteiger partial charge in [0, 0.05) is 9.90 Å². The monoisotopic (exact) mass is 98.9 g/mol. The smallest absolute Gasteiger partial charge is 0.0997 e. The summed E-state index contributed by atoms with van der Waals surface area (Å²) in [5.74, 6) is 0. The minimum Gasteiger partial charge on any atom is -0.233 e. The molecule has 0 aliphatic heterocycles. The van der Waals surface area contributed by atoms with Gasteiger partial charge in [-0.2, -0.15) is 0 Å². The molecule has 0 amide bonds. The van der Waals surface area contributed by atoms with Gasteiger partial charge in [-0.05, 0) is 0 Å². The van der Waals surface area contributed by atoms with Gasteiger partial charge in [-0.25, -0.2) is 5.26 Å². The van der Waals surface area contributed by atoms with Gasteiger partial charge < -0.3 is 0 Å². The minimum atomic E-state index is 0. The van der Waals surface area contributed by atoms with Crippen molar-refractivity contribution in [3.05, 3.63) is 0 Å². The molecule has 0 aromatic carbocycles. The molecule has 0 fully saturated rings. The van der Waals surface area contributed by atoms with Gasteiger partial charge in [0.1, 0.15) is 0 Å². The van der Waals surface area contributed by atoms with Crippen LogP contribution in [0.3, 0.4) is 0 Å². The van der Waals surface area contributed by atoms with Crippen LogP contribution in [-0.2, 0) is 4.44 Å². The summed E-state index contributed by atoms with van der Waals surface area (Å²) < 4.78 is 2.72. The topological polar surface area (TPSA) is 29.5 Å². The summed E-state index contributed by atoms with van der Waals surface area (Å²) in [6.45, 7) is 0. The number of hydrogen-bond acceptors (Lipinski definition) is 2. The van der Waals surface area contributed by atoms with E-state index in [4.69, 9.17) is 5.26 Å². The van der Waals surface area contributed by atoms with Gasteiger partial charge in [-0.15, -0.1) is 4.44 Å². The summed E-state index contributed by atoms with van der Waals surface area (Å²) >= 11 is 4.05. The van der Waals surface area contributed by atoms with Crippen molar-refractivity contribution in [3.8, 4) is 0 Å². The summed E-state index contributed by atoms with van der Waals surface area (Å²) in [5.41, 5.74) is 0. The van der Waals surface area contributed by atoms with Gasteiger partial charge in [0.05, 0.1) is 11.9 Å². The Balaban J connectivity index is 0. The Labute approximate surface area is 32.4 Å². The van der Waals surface area contributed by atoms with Gasteiger partial charge in [0.15, 0.2) is 0 Å². The Morgan fingerprint density at radius 2 is 1.75 bits per heavy atom. The highest BCUT2D eigenvalue weighted by atomic mass is 35.5. The quantitative estimate of drug-likeness (QED) is 0.283. The van der Waals surface area contributed by atoms with E-state index in [1.54, 1.807) is 0 Å². The van der Waals surface area contributed by atoms with Crippen molar-refractivity contribution in [2.75, 3.05) is 0 Å². The fourth-order valence-electron chi connectivity index (χ4n) is 0. The zero-order valence-corrected chi connectivity index (χ0v) is 3.33. The predicted molar refractivity (Wildman–Crippen MR) is 16.5 cm³/mol. The lowest BCUT2D eigenvalue weighted by atomic mass is 15.0. The SMILES string of the molecule is OOCl.[P]. The third-order valence-corrected chi connectivity index (χ3v) is 0. The first kappa shape index (κ1) is 8.82. The standard InChI is InChI=1S/ClHO2.P/c1-3-2;/h2H;. The van der Waals surface area contributed by atoms with Crippen molar-refractivity contribution < 1.29 is 9.70 Å². The summed E-state index contributed by atoms with van der Waals surface area (Å²) in [4.78, 5) is 0. The van der Waals surface area contributed by atoms with Gasteiger partial charge >= 0.3 is 0 Å². The number of hydrogen-bond donors (Lipinski definition) is 1. The molecule has 2 nitrogen and oxygen atoms in total. The lowest BCUT2D eigenvalue weighted by Gasteiger charge is -1.52. The molecule has 0 bridgehead atoms. The third kappa shape index (κ3) is 17.3. The maximum atomic E-state index is 6.83. The Morgan fingerprint density at radius 3 is 1.75 bits per heavy atom. The summed E-state index contributed by atoms with van der Waals surface area (Å²) in [6, 6.07) is 0. The molecule has 0 saturated heterocycles. The van der Waals surface area contributed by atoms with Gasteiger partial charge in [0.2, 0.25) is 0 Å². The summed E-state index contributed by atoms with van der Waals surface area (Å²) in [6.07, 6.45) is 0. The highest BCUT2D eigenvalue weighted by molar-refractivity contribution is 6.92.